The lowest BCUT2D eigenvalue weighted by Gasteiger charge is -2.42. The molecule has 0 amide bonds. The third-order valence-electron chi connectivity index (χ3n) is 5.40. The maximum Gasteiger partial charge on any atom is 0.216 e. The molecule has 0 bridgehead atoms. The summed E-state index contributed by atoms with van der Waals surface area (Å²) in [7, 11) is 3.67. The fourth-order valence-corrected chi connectivity index (χ4v) is 4.58. The van der Waals surface area contributed by atoms with Crippen LogP contribution in [0.25, 0.3) is 0 Å². The molecule has 2 fully saturated rings. The number of piperidine rings is 1. The van der Waals surface area contributed by atoms with Crippen molar-refractivity contribution in [2.75, 3.05) is 20.2 Å². The molecular weight excluding hydrogens is 264 g/mol. The van der Waals surface area contributed by atoms with E-state index in [9.17, 15) is 0 Å². The molecule has 1 saturated heterocycles. The van der Waals surface area contributed by atoms with Gasteiger partial charge in [0.05, 0.1) is 24.4 Å². The van der Waals surface area contributed by atoms with Crippen molar-refractivity contribution in [2.45, 2.75) is 51.1 Å². The van der Waals surface area contributed by atoms with E-state index < -0.39 is 0 Å². The second kappa shape index (κ2) is 5.97. The Morgan fingerprint density at radius 1 is 1.33 bits per heavy atom. The van der Waals surface area contributed by atoms with Gasteiger partial charge in [0, 0.05) is 19.6 Å². The predicted molar refractivity (Wildman–Crippen MR) is 83.4 cm³/mol. The van der Waals surface area contributed by atoms with Gasteiger partial charge in [-0.15, -0.1) is 0 Å². The smallest absolute Gasteiger partial charge is 0.216 e. The molecule has 1 aromatic rings. The number of aromatic nitrogens is 2. The number of ether oxygens (including phenoxy) is 1. The van der Waals surface area contributed by atoms with Crippen LogP contribution in [0.3, 0.4) is 0 Å². The molecule has 21 heavy (non-hydrogen) atoms. The summed E-state index contributed by atoms with van der Waals surface area (Å²) in [6, 6.07) is 0.941. The molecule has 3 unspecified atom stereocenters. The van der Waals surface area contributed by atoms with Gasteiger partial charge in [0.1, 0.15) is 0 Å². The Hall–Kier alpha value is -1.07. The minimum atomic E-state index is 0.236. The van der Waals surface area contributed by atoms with Crippen LogP contribution in [0, 0.1) is 12.8 Å². The Kier molecular flexibility index (Phi) is 4.22. The molecule has 3 rings (SSSR count). The Balaban J connectivity index is 1.94. The molecule has 1 saturated carbocycles. The summed E-state index contributed by atoms with van der Waals surface area (Å²) in [5.41, 5.74) is 8.42. The van der Waals surface area contributed by atoms with Gasteiger partial charge >= 0.3 is 0 Å². The molecule has 3 atom stereocenters. The molecule has 118 valence electrons. The third-order valence-corrected chi connectivity index (χ3v) is 5.40. The Morgan fingerprint density at radius 3 is 2.81 bits per heavy atom. The SMILES string of the molecule is COc1c(C(CN)N2CCCC3CCCC32)c(C)nn1C. The second-order valence-electron chi connectivity index (χ2n) is 6.52. The topological polar surface area (TPSA) is 56.3 Å². The Morgan fingerprint density at radius 2 is 2.10 bits per heavy atom. The van der Waals surface area contributed by atoms with E-state index in [1.807, 2.05) is 11.7 Å². The van der Waals surface area contributed by atoms with Gasteiger partial charge in [0.2, 0.25) is 5.88 Å². The van der Waals surface area contributed by atoms with Crippen LogP contribution < -0.4 is 10.5 Å². The minimum absolute atomic E-state index is 0.236. The van der Waals surface area contributed by atoms with E-state index in [4.69, 9.17) is 10.5 Å². The molecular formula is C16H28N4O. The lowest BCUT2D eigenvalue weighted by Crippen LogP contribution is -2.47. The molecule has 2 N–H and O–H groups in total. The normalized spacial score (nSPS) is 27.6. The van der Waals surface area contributed by atoms with Crippen LogP contribution in [0.4, 0.5) is 0 Å². The van der Waals surface area contributed by atoms with E-state index in [2.05, 4.69) is 16.9 Å². The summed E-state index contributed by atoms with van der Waals surface area (Å²) in [4.78, 5) is 2.65. The zero-order chi connectivity index (χ0) is 15.0. The number of hydrogen-bond donors (Lipinski definition) is 1. The highest BCUT2D eigenvalue weighted by molar-refractivity contribution is 5.35. The van der Waals surface area contributed by atoms with Crippen LogP contribution in [0.5, 0.6) is 5.88 Å². The molecule has 0 radical (unpaired) electrons. The van der Waals surface area contributed by atoms with Crippen molar-refractivity contribution in [2.24, 2.45) is 18.7 Å². The van der Waals surface area contributed by atoms with E-state index in [0.29, 0.717) is 12.6 Å². The number of nitrogens with zero attached hydrogens (tertiary/aromatic N) is 3. The first kappa shape index (κ1) is 14.9. The number of methoxy groups -OCH3 is 1. The van der Waals surface area contributed by atoms with Gasteiger partial charge in [-0.1, -0.05) is 6.42 Å². The van der Waals surface area contributed by atoms with Gasteiger partial charge in [-0.3, -0.25) is 4.90 Å². The largest absolute Gasteiger partial charge is 0.481 e. The first-order chi connectivity index (χ1) is 10.2. The van der Waals surface area contributed by atoms with Crippen molar-refractivity contribution in [1.82, 2.24) is 14.7 Å². The lowest BCUT2D eigenvalue weighted by atomic mass is 9.89. The molecule has 2 aliphatic rings. The maximum absolute atomic E-state index is 6.19. The van der Waals surface area contributed by atoms with Crippen molar-refractivity contribution >= 4 is 0 Å². The number of aryl methyl sites for hydroxylation is 2. The van der Waals surface area contributed by atoms with Gasteiger partial charge in [-0.2, -0.15) is 5.10 Å². The van der Waals surface area contributed by atoms with Crippen molar-refractivity contribution in [3.63, 3.8) is 0 Å². The maximum atomic E-state index is 6.19. The average Bonchev–Trinajstić information content (AvgIpc) is 3.05. The fraction of sp³-hybridized carbons (Fsp3) is 0.812. The van der Waals surface area contributed by atoms with Crippen molar-refractivity contribution < 1.29 is 4.74 Å². The molecule has 1 aromatic heterocycles. The predicted octanol–water partition coefficient (Wildman–Crippen LogP) is 2.00. The minimum Gasteiger partial charge on any atom is -0.481 e. The van der Waals surface area contributed by atoms with Crippen molar-refractivity contribution in [3.8, 4) is 5.88 Å². The molecule has 1 aliphatic carbocycles. The summed E-state index contributed by atoms with van der Waals surface area (Å²) in [6.07, 6.45) is 6.76. The molecule has 0 spiro atoms. The number of rotatable bonds is 4. The zero-order valence-corrected chi connectivity index (χ0v) is 13.5. The summed E-state index contributed by atoms with van der Waals surface area (Å²) in [5.74, 6) is 1.74. The Labute approximate surface area is 127 Å². The standard InChI is InChI=1S/C16H28N4O/c1-11-15(16(21-3)19(2)18-11)14(10-17)20-9-5-7-12-6-4-8-13(12)20/h12-14H,4-10,17H2,1-3H3. The molecule has 0 aromatic carbocycles. The highest BCUT2D eigenvalue weighted by Crippen LogP contribution is 2.42. The van der Waals surface area contributed by atoms with Gasteiger partial charge in [0.25, 0.3) is 0 Å². The highest BCUT2D eigenvalue weighted by Gasteiger charge is 2.40. The van der Waals surface area contributed by atoms with Gasteiger partial charge in [0.15, 0.2) is 0 Å². The van der Waals surface area contributed by atoms with E-state index in [1.54, 1.807) is 7.11 Å². The van der Waals surface area contributed by atoms with Gasteiger partial charge in [-0.25, -0.2) is 4.68 Å². The monoisotopic (exact) mass is 292 g/mol. The Bertz CT molecular complexity index is 499. The highest BCUT2D eigenvalue weighted by atomic mass is 16.5. The van der Waals surface area contributed by atoms with E-state index in [1.165, 1.54) is 37.7 Å². The summed E-state index contributed by atoms with van der Waals surface area (Å²) < 4.78 is 7.44. The average molecular weight is 292 g/mol. The van der Waals surface area contributed by atoms with Crippen LogP contribution in [0.2, 0.25) is 0 Å². The lowest BCUT2D eigenvalue weighted by molar-refractivity contribution is 0.0686. The molecule has 2 heterocycles. The van der Waals surface area contributed by atoms with Crippen molar-refractivity contribution in [1.29, 1.82) is 0 Å². The molecule has 5 heteroatoms. The zero-order valence-electron chi connectivity index (χ0n) is 13.5. The number of hydrogen-bond acceptors (Lipinski definition) is 4. The van der Waals surface area contributed by atoms with Crippen LogP contribution in [-0.4, -0.2) is 40.9 Å². The van der Waals surface area contributed by atoms with Gasteiger partial charge < -0.3 is 10.5 Å². The van der Waals surface area contributed by atoms with Crippen molar-refractivity contribution in [3.05, 3.63) is 11.3 Å². The van der Waals surface area contributed by atoms with E-state index in [-0.39, 0.29) is 6.04 Å². The third kappa shape index (κ3) is 2.46. The van der Waals surface area contributed by atoms with Crippen LogP contribution in [0.15, 0.2) is 0 Å². The van der Waals surface area contributed by atoms with E-state index >= 15 is 0 Å². The van der Waals surface area contributed by atoms with E-state index in [0.717, 1.165) is 24.0 Å². The fourth-order valence-electron chi connectivity index (χ4n) is 4.58. The van der Waals surface area contributed by atoms with Crippen LogP contribution >= 0.6 is 0 Å². The number of nitrogens with two attached hydrogens (primary N) is 1. The second-order valence-corrected chi connectivity index (χ2v) is 6.52. The van der Waals surface area contributed by atoms with Crippen LogP contribution in [-0.2, 0) is 7.05 Å². The number of fused-ring (bicyclic) bond motifs is 1. The van der Waals surface area contributed by atoms with Gasteiger partial charge in [-0.05, 0) is 45.1 Å². The summed E-state index contributed by atoms with van der Waals surface area (Å²) in [6.45, 7) is 3.85. The summed E-state index contributed by atoms with van der Waals surface area (Å²) in [5, 5.41) is 4.54. The molecule has 5 nitrogen and oxygen atoms in total. The summed E-state index contributed by atoms with van der Waals surface area (Å²) >= 11 is 0. The molecule has 1 aliphatic heterocycles. The van der Waals surface area contributed by atoms with Crippen LogP contribution in [0.1, 0.15) is 49.4 Å². The first-order valence-electron chi connectivity index (χ1n) is 8.20. The quantitative estimate of drug-likeness (QED) is 0.922. The number of likely N-dealkylation sites (tertiary alicyclic amines) is 1. The first-order valence-corrected chi connectivity index (χ1v) is 8.20.